The second kappa shape index (κ2) is 8.56. The van der Waals surface area contributed by atoms with E-state index in [0.29, 0.717) is 33.6 Å². The number of hydrogen-bond donors (Lipinski definition) is 2. The van der Waals surface area contributed by atoms with Crippen molar-refractivity contribution in [2.24, 2.45) is 0 Å². The number of benzene rings is 1. The number of carbonyl (C=O) groups is 1. The minimum absolute atomic E-state index is 0.0552. The second-order valence-corrected chi connectivity index (χ2v) is 9.38. The van der Waals surface area contributed by atoms with Crippen LogP contribution in [-0.2, 0) is 16.6 Å². The highest BCUT2D eigenvalue weighted by Crippen LogP contribution is 2.26. The van der Waals surface area contributed by atoms with Gasteiger partial charge in [-0.25, -0.2) is 22.8 Å². The molecule has 4 aromatic rings. The van der Waals surface area contributed by atoms with Crippen LogP contribution in [0.1, 0.15) is 35.8 Å². The first-order valence-corrected chi connectivity index (χ1v) is 11.5. The van der Waals surface area contributed by atoms with Gasteiger partial charge in [0, 0.05) is 12.6 Å². The topological polar surface area (TPSA) is 119 Å². The van der Waals surface area contributed by atoms with Crippen LogP contribution >= 0.6 is 0 Å². The lowest BCUT2D eigenvalue weighted by atomic mass is 10.1. The Labute approximate surface area is 185 Å². The summed E-state index contributed by atoms with van der Waals surface area (Å²) in [6, 6.07) is 11.7. The Morgan fingerprint density at radius 3 is 2.69 bits per heavy atom. The molecule has 0 fully saturated rings. The number of nitrogens with zero attached hydrogens (tertiary/aromatic N) is 3. The predicted molar refractivity (Wildman–Crippen MR) is 119 cm³/mol. The maximum Gasteiger partial charge on any atom is 0.252 e. The van der Waals surface area contributed by atoms with E-state index in [-0.39, 0.29) is 23.4 Å². The lowest BCUT2D eigenvalue weighted by Gasteiger charge is -2.11. The molecule has 0 spiro atoms. The van der Waals surface area contributed by atoms with Crippen molar-refractivity contribution in [3.8, 4) is 11.5 Å². The van der Waals surface area contributed by atoms with Crippen molar-refractivity contribution in [1.29, 1.82) is 0 Å². The quantitative estimate of drug-likeness (QED) is 0.444. The zero-order valence-corrected chi connectivity index (χ0v) is 18.7. The van der Waals surface area contributed by atoms with Gasteiger partial charge in [0.05, 0.1) is 28.3 Å². The molecule has 166 valence electrons. The molecule has 1 aromatic carbocycles. The van der Waals surface area contributed by atoms with Crippen molar-refractivity contribution in [1.82, 2.24) is 24.8 Å². The van der Waals surface area contributed by atoms with Gasteiger partial charge in [-0.1, -0.05) is 12.1 Å². The van der Waals surface area contributed by atoms with Crippen molar-refractivity contribution in [2.45, 2.75) is 31.3 Å². The molecular formula is C22H23N5O4S. The van der Waals surface area contributed by atoms with Crippen molar-refractivity contribution >= 4 is 27.0 Å². The molecule has 0 bridgehead atoms. The van der Waals surface area contributed by atoms with Gasteiger partial charge in [-0.2, -0.15) is 5.10 Å². The first-order chi connectivity index (χ1) is 15.3. The molecule has 1 amide bonds. The first kappa shape index (κ1) is 21.7. The van der Waals surface area contributed by atoms with Gasteiger partial charge in [0.25, 0.3) is 5.91 Å². The zero-order valence-electron chi connectivity index (χ0n) is 17.9. The number of rotatable bonds is 7. The van der Waals surface area contributed by atoms with E-state index in [1.54, 1.807) is 47.5 Å². The average Bonchev–Trinajstić information content (AvgIpc) is 3.47. The molecule has 32 heavy (non-hydrogen) atoms. The fourth-order valence-corrected chi connectivity index (χ4v) is 4.15. The smallest absolute Gasteiger partial charge is 0.252 e. The highest BCUT2D eigenvalue weighted by molar-refractivity contribution is 7.89. The molecule has 0 radical (unpaired) electrons. The third kappa shape index (κ3) is 4.14. The first-order valence-electron chi connectivity index (χ1n) is 10.0. The van der Waals surface area contributed by atoms with Gasteiger partial charge in [-0.3, -0.25) is 4.79 Å². The van der Waals surface area contributed by atoms with Crippen LogP contribution in [-0.4, -0.2) is 36.1 Å². The summed E-state index contributed by atoms with van der Waals surface area (Å²) in [7, 11) is -2.22. The Bertz CT molecular complexity index is 1370. The van der Waals surface area contributed by atoms with Crippen molar-refractivity contribution < 1.29 is 17.6 Å². The van der Waals surface area contributed by atoms with Crippen LogP contribution in [0.3, 0.4) is 0 Å². The van der Waals surface area contributed by atoms with Crippen molar-refractivity contribution in [3.63, 3.8) is 0 Å². The highest BCUT2D eigenvalue weighted by Gasteiger charge is 2.19. The van der Waals surface area contributed by atoms with Gasteiger partial charge in [0.1, 0.15) is 5.69 Å². The van der Waals surface area contributed by atoms with Gasteiger partial charge in [0.2, 0.25) is 10.0 Å². The molecule has 0 saturated carbocycles. The Balaban J connectivity index is 1.67. The molecule has 0 unspecified atom stereocenters. The molecule has 0 saturated heterocycles. The number of aromatic nitrogens is 3. The summed E-state index contributed by atoms with van der Waals surface area (Å²) in [6.45, 7) is 4.13. The van der Waals surface area contributed by atoms with E-state index in [1.807, 2.05) is 13.8 Å². The molecule has 3 heterocycles. The van der Waals surface area contributed by atoms with Gasteiger partial charge in [0.15, 0.2) is 11.4 Å². The minimum Gasteiger partial charge on any atom is -0.463 e. The van der Waals surface area contributed by atoms with E-state index in [4.69, 9.17) is 4.42 Å². The molecule has 2 N–H and O–H groups in total. The molecule has 9 nitrogen and oxygen atoms in total. The minimum atomic E-state index is -3.57. The third-order valence-electron chi connectivity index (χ3n) is 5.00. The van der Waals surface area contributed by atoms with Crippen LogP contribution in [0.5, 0.6) is 0 Å². The Kier molecular flexibility index (Phi) is 5.81. The van der Waals surface area contributed by atoms with Crippen LogP contribution < -0.4 is 10.0 Å². The molecule has 0 aliphatic carbocycles. The summed E-state index contributed by atoms with van der Waals surface area (Å²) in [4.78, 5) is 17.9. The molecule has 0 atom stereocenters. The number of carbonyl (C=O) groups excluding carboxylic acids is 1. The van der Waals surface area contributed by atoms with E-state index in [2.05, 4.69) is 20.1 Å². The van der Waals surface area contributed by atoms with Crippen LogP contribution in [0.15, 0.2) is 64.2 Å². The van der Waals surface area contributed by atoms with E-state index in [1.165, 1.54) is 19.2 Å². The number of nitrogens with one attached hydrogen (secondary N) is 2. The standard InChI is InChI=1S/C22H23N5O4S/c1-14(2)27-21-18(13-25-27)17(11-19(26-21)20-8-5-9-31-20)22(28)24-12-15-6-4-7-16(10-15)32(29,30)23-3/h4-11,13-14,23H,12H2,1-3H3,(H,24,28). The van der Waals surface area contributed by atoms with Crippen LogP contribution in [0.4, 0.5) is 0 Å². The summed E-state index contributed by atoms with van der Waals surface area (Å²) in [5.41, 5.74) is 2.18. The summed E-state index contributed by atoms with van der Waals surface area (Å²) >= 11 is 0. The number of hydrogen-bond acceptors (Lipinski definition) is 6. The summed E-state index contributed by atoms with van der Waals surface area (Å²) in [5, 5.41) is 7.89. The number of sulfonamides is 1. The number of pyridine rings is 1. The maximum absolute atomic E-state index is 13.1. The normalized spacial score (nSPS) is 11.9. The lowest BCUT2D eigenvalue weighted by molar-refractivity contribution is 0.0952. The van der Waals surface area contributed by atoms with Gasteiger partial charge in [-0.05, 0) is 56.8 Å². The number of fused-ring (bicyclic) bond motifs is 1. The Hall–Kier alpha value is -3.50. The lowest BCUT2D eigenvalue weighted by Crippen LogP contribution is -2.24. The van der Waals surface area contributed by atoms with Crippen LogP contribution in [0.2, 0.25) is 0 Å². The van der Waals surface area contributed by atoms with Gasteiger partial charge >= 0.3 is 0 Å². The van der Waals surface area contributed by atoms with Crippen LogP contribution in [0, 0.1) is 0 Å². The van der Waals surface area contributed by atoms with E-state index < -0.39 is 10.0 Å². The van der Waals surface area contributed by atoms with E-state index in [9.17, 15) is 13.2 Å². The van der Waals surface area contributed by atoms with Crippen molar-refractivity contribution in [3.05, 3.63) is 66.1 Å². The van der Waals surface area contributed by atoms with E-state index in [0.717, 1.165) is 0 Å². The number of amides is 1. The monoisotopic (exact) mass is 453 g/mol. The number of furan rings is 1. The average molecular weight is 454 g/mol. The molecule has 0 aliphatic rings. The molecule has 0 aliphatic heterocycles. The summed E-state index contributed by atoms with van der Waals surface area (Å²) < 4.78 is 33.6. The predicted octanol–water partition coefficient (Wildman–Crippen LogP) is 3.11. The summed E-state index contributed by atoms with van der Waals surface area (Å²) in [5.74, 6) is 0.220. The van der Waals surface area contributed by atoms with Crippen molar-refractivity contribution in [2.75, 3.05) is 7.05 Å². The molecule has 10 heteroatoms. The third-order valence-corrected chi connectivity index (χ3v) is 6.42. The van der Waals surface area contributed by atoms with Gasteiger partial charge < -0.3 is 9.73 Å². The summed E-state index contributed by atoms with van der Waals surface area (Å²) in [6.07, 6.45) is 3.18. The zero-order chi connectivity index (χ0) is 22.9. The fraction of sp³-hybridized carbons (Fsp3) is 0.227. The maximum atomic E-state index is 13.1. The Morgan fingerprint density at radius 2 is 2.00 bits per heavy atom. The Morgan fingerprint density at radius 1 is 1.19 bits per heavy atom. The fourth-order valence-electron chi connectivity index (χ4n) is 3.35. The molecule has 4 rings (SSSR count). The highest BCUT2D eigenvalue weighted by atomic mass is 32.2. The second-order valence-electron chi connectivity index (χ2n) is 7.49. The van der Waals surface area contributed by atoms with Gasteiger partial charge in [-0.15, -0.1) is 0 Å². The molecule has 3 aromatic heterocycles. The molecular weight excluding hydrogens is 430 g/mol. The largest absolute Gasteiger partial charge is 0.463 e. The van der Waals surface area contributed by atoms with Crippen LogP contribution in [0.25, 0.3) is 22.5 Å². The SMILES string of the molecule is CNS(=O)(=O)c1cccc(CNC(=O)c2cc(-c3ccco3)nc3c2cnn3C(C)C)c1. The van der Waals surface area contributed by atoms with E-state index >= 15 is 0 Å².